The highest BCUT2D eigenvalue weighted by Crippen LogP contribution is 2.51. The molecule has 0 N–H and O–H groups in total. The van der Waals surface area contributed by atoms with Gasteiger partial charge in [-0.05, 0) is 68.1 Å². The molecule has 0 spiro atoms. The van der Waals surface area contributed by atoms with E-state index in [1.165, 1.54) is 44.9 Å². The summed E-state index contributed by atoms with van der Waals surface area (Å²) >= 11 is 0. The molecular formula is C16H30. The van der Waals surface area contributed by atoms with Gasteiger partial charge in [-0.1, -0.05) is 33.6 Å². The van der Waals surface area contributed by atoms with E-state index < -0.39 is 0 Å². The minimum absolute atomic E-state index is 0.735. The summed E-state index contributed by atoms with van der Waals surface area (Å²) in [6, 6.07) is 0. The van der Waals surface area contributed by atoms with E-state index in [0.29, 0.717) is 0 Å². The molecule has 0 aromatic rings. The van der Waals surface area contributed by atoms with Gasteiger partial charge in [-0.2, -0.15) is 0 Å². The van der Waals surface area contributed by atoms with Gasteiger partial charge in [0.25, 0.3) is 0 Å². The lowest BCUT2D eigenvalue weighted by molar-refractivity contribution is 0.174. The second-order valence-electron chi connectivity index (χ2n) is 7.08. The first-order valence-electron chi connectivity index (χ1n) is 7.63. The van der Waals surface area contributed by atoms with E-state index in [9.17, 15) is 0 Å². The quantitative estimate of drug-likeness (QED) is 0.596. The van der Waals surface area contributed by atoms with Crippen LogP contribution >= 0.6 is 0 Å². The first kappa shape index (κ1) is 12.5. The van der Waals surface area contributed by atoms with Gasteiger partial charge in [-0.3, -0.25) is 0 Å². The van der Waals surface area contributed by atoms with Crippen molar-refractivity contribution in [3.63, 3.8) is 0 Å². The number of hydrogen-bond acceptors (Lipinski definition) is 0. The molecule has 16 heavy (non-hydrogen) atoms. The van der Waals surface area contributed by atoms with Gasteiger partial charge in [0.2, 0.25) is 0 Å². The zero-order valence-electron chi connectivity index (χ0n) is 11.6. The van der Waals surface area contributed by atoms with E-state index in [-0.39, 0.29) is 0 Å². The highest BCUT2D eigenvalue weighted by Gasteiger charge is 2.38. The smallest absolute Gasteiger partial charge is 0.0326 e. The molecule has 0 aromatic heterocycles. The van der Waals surface area contributed by atoms with Crippen molar-refractivity contribution >= 4 is 0 Å². The third-order valence-corrected chi connectivity index (χ3v) is 5.51. The molecule has 0 nitrogen and oxygen atoms in total. The van der Waals surface area contributed by atoms with Gasteiger partial charge in [0.15, 0.2) is 0 Å². The number of rotatable bonds is 4. The Kier molecular flexibility index (Phi) is 3.97. The summed E-state index contributed by atoms with van der Waals surface area (Å²) in [5.74, 6) is 3.14. The van der Waals surface area contributed by atoms with Crippen molar-refractivity contribution in [2.24, 2.45) is 23.2 Å². The fourth-order valence-electron chi connectivity index (χ4n) is 4.27. The molecule has 0 heteroatoms. The summed E-state index contributed by atoms with van der Waals surface area (Å²) in [7, 11) is 0. The van der Waals surface area contributed by atoms with Crippen molar-refractivity contribution in [1.82, 2.24) is 0 Å². The van der Waals surface area contributed by atoms with Crippen molar-refractivity contribution in [3.05, 3.63) is 0 Å². The van der Waals surface area contributed by atoms with Gasteiger partial charge in [0.05, 0.1) is 0 Å². The van der Waals surface area contributed by atoms with Gasteiger partial charge in [-0.15, -0.1) is 0 Å². The van der Waals surface area contributed by atoms with Crippen LogP contribution in [-0.2, 0) is 0 Å². The third kappa shape index (κ3) is 2.81. The molecule has 0 heterocycles. The Bertz CT molecular complexity index is 210. The summed E-state index contributed by atoms with van der Waals surface area (Å²) in [5.41, 5.74) is 0.735. The van der Waals surface area contributed by atoms with Crippen LogP contribution in [0.2, 0.25) is 0 Å². The summed E-state index contributed by atoms with van der Waals surface area (Å²) in [6.07, 6.45) is 13.5. The van der Waals surface area contributed by atoms with Crippen molar-refractivity contribution < 1.29 is 0 Å². The first-order chi connectivity index (χ1) is 7.63. The molecule has 94 valence electrons. The molecule has 3 fully saturated rings. The highest BCUT2D eigenvalue weighted by molar-refractivity contribution is 4.90. The van der Waals surface area contributed by atoms with Crippen LogP contribution in [0, 0.1) is 23.2 Å². The topological polar surface area (TPSA) is 0 Å². The maximum absolute atomic E-state index is 2.54. The van der Waals surface area contributed by atoms with E-state index in [2.05, 4.69) is 20.8 Å². The Labute approximate surface area is 102 Å². The first-order valence-corrected chi connectivity index (χ1v) is 7.63. The minimum atomic E-state index is 0.735. The van der Waals surface area contributed by atoms with Crippen LogP contribution in [0.25, 0.3) is 0 Å². The number of hydrogen-bond donors (Lipinski definition) is 0. The largest absolute Gasteiger partial charge is 0.0654 e. The molecule has 0 aliphatic heterocycles. The maximum Gasteiger partial charge on any atom is -0.0326 e. The lowest BCUT2D eigenvalue weighted by atomic mass is 9.71. The second-order valence-corrected chi connectivity index (χ2v) is 7.08. The molecule has 3 aliphatic rings. The van der Waals surface area contributed by atoms with Gasteiger partial charge < -0.3 is 0 Å². The molecule has 3 saturated carbocycles. The standard InChI is InChI=1S/C16H30/c1-4-5-13(2)12-15-8-11-16(3)9-6-14(15)7-10-16/h13-15H,4-12H2,1-3H3. The van der Waals surface area contributed by atoms with Crippen LogP contribution in [0.5, 0.6) is 0 Å². The van der Waals surface area contributed by atoms with Crippen molar-refractivity contribution in [2.45, 2.75) is 78.6 Å². The van der Waals surface area contributed by atoms with E-state index >= 15 is 0 Å². The highest BCUT2D eigenvalue weighted by atomic mass is 14.4. The summed E-state index contributed by atoms with van der Waals surface area (Å²) < 4.78 is 0. The fourth-order valence-corrected chi connectivity index (χ4v) is 4.27. The average Bonchev–Trinajstić information content (AvgIpc) is 2.48. The third-order valence-electron chi connectivity index (χ3n) is 5.51. The zero-order chi connectivity index (χ0) is 11.6. The molecule has 0 amide bonds. The van der Waals surface area contributed by atoms with Crippen LogP contribution in [-0.4, -0.2) is 0 Å². The Morgan fingerprint density at radius 3 is 2.38 bits per heavy atom. The normalized spacial score (nSPS) is 40.7. The fraction of sp³-hybridized carbons (Fsp3) is 1.00. The molecule has 2 bridgehead atoms. The summed E-state index contributed by atoms with van der Waals surface area (Å²) in [5, 5.41) is 0. The Hall–Kier alpha value is 0. The van der Waals surface area contributed by atoms with Crippen LogP contribution in [0.4, 0.5) is 0 Å². The SMILES string of the molecule is CCCC(C)CC1CCC2(C)CCC1CC2. The van der Waals surface area contributed by atoms with Crippen molar-refractivity contribution in [2.75, 3.05) is 0 Å². The summed E-state index contributed by atoms with van der Waals surface area (Å²) in [4.78, 5) is 0. The minimum Gasteiger partial charge on any atom is -0.0654 e. The second kappa shape index (κ2) is 5.10. The number of fused-ring (bicyclic) bond motifs is 4. The molecule has 0 saturated heterocycles. The molecule has 0 radical (unpaired) electrons. The average molecular weight is 222 g/mol. The van der Waals surface area contributed by atoms with Crippen molar-refractivity contribution in [3.8, 4) is 0 Å². The van der Waals surface area contributed by atoms with Crippen LogP contribution < -0.4 is 0 Å². The van der Waals surface area contributed by atoms with Crippen LogP contribution in [0.3, 0.4) is 0 Å². The predicted octanol–water partition coefficient (Wildman–Crippen LogP) is 5.42. The Morgan fingerprint density at radius 1 is 1.12 bits per heavy atom. The van der Waals surface area contributed by atoms with Gasteiger partial charge in [-0.25, -0.2) is 0 Å². The van der Waals surface area contributed by atoms with E-state index in [1.807, 2.05) is 0 Å². The summed E-state index contributed by atoms with van der Waals surface area (Å²) in [6.45, 7) is 7.35. The van der Waals surface area contributed by atoms with Gasteiger partial charge in [0.1, 0.15) is 0 Å². The Morgan fingerprint density at radius 2 is 1.75 bits per heavy atom. The predicted molar refractivity (Wildman–Crippen MR) is 71.5 cm³/mol. The molecule has 3 rings (SSSR count). The molecule has 0 aromatic carbocycles. The van der Waals surface area contributed by atoms with E-state index in [4.69, 9.17) is 0 Å². The Balaban J connectivity index is 1.91. The lowest BCUT2D eigenvalue weighted by Gasteiger charge is -2.34. The molecule has 2 unspecified atom stereocenters. The van der Waals surface area contributed by atoms with Crippen LogP contribution in [0.1, 0.15) is 78.6 Å². The molecule has 2 atom stereocenters. The van der Waals surface area contributed by atoms with E-state index in [1.54, 1.807) is 12.8 Å². The molecular weight excluding hydrogens is 192 g/mol. The maximum atomic E-state index is 2.54. The molecule has 3 aliphatic carbocycles. The monoisotopic (exact) mass is 222 g/mol. The van der Waals surface area contributed by atoms with E-state index in [0.717, 1.165) is 23.2 Å². The van der Waals surface area contributed by atoms with Gasteiger partial charge in [0, 0.05) is 0 Å². The van der Waals surface area contributed by atoms with Crippen LogP contribution in [0.15, 0.2) is 0 Å². The zero-order valence-corrected chi connectivity index (χ0v) is 11.6. The van der Waals surface area contributed by atoms with Crippen molar-refractivity contribution in [1.29, 1.82) is 0 Å². The lowest BCUT2D eigenvalue weighted by Crippen LogP contribution is -2.22. The van der Waals surface area contributed by atoms with Gasteiger partial charge >= 0.3 is 0 Å².